The van der Waals surface area contributed by atoms with Crippen molar-refractivity contribution in [1.29, 1.82) is 0 Å². The van der Waals surface area contributed by atoms with E-state index < -0.39 is 0 Å². The lowest BCUT2D eigenvalue weighted by molar-refractivity contribution is 0.244. The van der Waals surface area contributed by atoms with Gasteiger partial charge in [-0.3, -0.25) is 4.90 Å². The lowest BCUT2D eigenvalue weighted by Crippen LogP contribution is -2.48. The van der Waals surface area contributed by atoms with Crippen molar-refractivity contribution in [2.45, 2.75) is 6.92 Å². The number of hydrogen-bond acceptors (Lipinski definition) is 7. The monoisotopic (exact) mass is 393 g/mol. The van der Waals surface area contributed by atoms with E-state index in [-0.39, 0.29) is 0 Å². The molecule has 1 fully saturated rings. The Kier molecular flexibility index (Phi) is 4.41. The molecule has 5 rings (SSSR count). The van der Waals surface area contributed by atoms with Crippen molar-refractivity contribution in [3.63, 3.8) is 0 Å². The highest BCUT2D eigenvalue weighted by Gasteiger charge is 2.24. The minimum atomic E-state index is 0.808. The standard InChI is InChI=1S/C21H23N5OS/c1-15-20-16(2)25(8-7-18(20)27-22-15)12-9-24-10-13-26(14-11-24)21-17-5-3-4-6-19(17)28-23-21/h3-8H,2,9-14H2,1H3. The molecule has 144 valence electrons. The number of aryl methyl sites for hydroxylation is 1. The predicted octanol–water partition coefficient (Wildman–Crippen LogP) is 3.67. The van der Waals surface area contributed by atoms with E-state index in [1.165, 1.54) is 10.1 Å². The first-order valence-corrected chi connectivity index (χ1v) is 10.4. The SMILES string of the molecule is C=C1c2c(C)noc2C=CN1CCN1CCN(c2nsc3ccccc23)CC1. The highest BCUT2D eigenvalue weighted by atomic mass is 32.1. The lowest BCUT2D eigenvalue weighted by Gasteiger charge is -2.36. The summed E-state index contributed by atoms with van der Waals surface area (Å²) in [6.45, 7) is 12.3. The number of hydrogen-bond donors (Lipinski definition) is 0. The highest BCUT2D eigenvalue weighted by Crippen LogP contribution is 2.31. The molecule has 6 nitrogen and oxygen atoms in total. The molecule has 7 heteroatoms. The van der Waals surface area contributed by atoms with E-state index in [2.05, 4.69) is 50.7 Å². The van der Waals surface area contributed by atoms with Crippen LogP contribution < -0.4 is 4.90 Å². The van der Waals surface area contributed by atoms with Crippen molar-refractivity contribution in [3.05, 3.63) is 54.1 Å². The van der Waals surface area contributed by atoms with Crippen LogP contribution in [0.2, 0.25) is 0 Å². The molecular weight excluding hydrogens is 370 g/mol. The lowest BCUT2D eigenvalue weighted by atomic mass is 10.1. The summed E-state index contributed by atoms with van der Waals surface area (Å²) in [5, 5.41) is 5.33. The third-order valence-electron chi connectivity index (χ3n) is 5.62. The van der Waals surface area contributed by atoms with Gasteiger partial charge >= 0.3 is 0 Å². The van der Waals surface area contributed by atoms with Crippen LogP contribution in [0.3, 0.4) is 0 Å². The van der Waals surface area contributed by atoms with Gasteiger partial charge < -0.3 is 14.3 Å². The van der Waals surface area contributed by atoms with E-state index in [0.717, 1.165) is 67.8 Å². The van der Waals surface area contributed by atoms with Gasteiger partial charge in [-0.15, -0.1) is 0 Å². The van der Waals surface area contributed by atoms with Gasteiger partial charge in [0.1, 0.15) is 5.82 Å². The molecule has 0 bridgehead atoms. The summed E-state index contributed by atoms with van der Waals surface area (Å²) in [5.74, 6) is 1.95. The van der Waals surface area contributed by atoms with Gasteiger partial charge in [0.25, 0.3) is 0 Å². The molecule has 0 N–H and O–H groups in total. The van der Waals surface area contributed by atoms with Gasteiger partial charge in [-0.1, -0.05) is 23.9 Å². The van der Waals surface area contributed by atoms with E-state index in [4.69, 9.17) is 8.90 Å². The Balaban J connectivity index is 1.18. The zero-order valence-corrected chi connectivity index (χ0v) is 16.8. The maximum Gasteiger partial charge on any atom is 0.170 e. The zero-order valence-electron chi connectivity index (χ0n) is 16.0. The van der Waals surface area contributed by atoms with Crippen molar-refractivity contribution in [3.8, 4) is 0 Å². The van der Waals surface area contributed by atoms with Gasteiger partial charge in [0.2, 0.25) is 0 Å². The Hall–Kier alpha value is -2.64. The first-order valence-electron chi connectivity index (χ1n) is 9.63. The first-order chi connectivity index (χ1) is 13.7. The Labute approximate surface area is 168 Å². The molecule has 0 aliphatic carbocycles. The molecule has 1 saturated heterocycles. The summed E-state index contributed by atoms with van der Waals surface area (Å²) in [6, 6.07) is 8.50. The van der Waals surface area contributed by atoms with Crippen LogP contribution in [0.1, 0.15) is 17.0 Å². The average molecular weight is 394 g/mol. The first kappa shape index (κ1) is 17.5. The van der Waals surface area contributed by atoms with E-state index in [1.807, 2.05) is 19.2 Å². The van der Waals surface area contributed by atoms with Crippen molar-refractivity contribution >= 4 is 39.2 Å². The summed E-state index contributed by atoms with van der Waals surface area (Å²) < 4.78 is 11.3. The quantitative estimate of drug-likeness (QED) is 0.674. The molecule has 0 spiro atoms. The molecule has 0 amide bonds. The van der Waals surface area contributed by atoms with Crippen LogP contribution in [-0.4, -0.2) is 58.6 Å². The van der Waals surface area contributed by atoms with Gasteiger partial charge in [0.15, 0.2) is 5.76 Å². The third kappa shape index (κ3) is 3.00. The molecule has 1 aromatic carbocycles. The number of aromatic nitrogens is 2. The topological polar surface area (TPSA) is 48.6 Å². The molecule has 0 atom stereocenters. The van der Waals surface area contributed by atoms with Crippen LogP contribution in [0.5, 0.6) is 0 Å². The minimum Gasteiger partial charge on any atom is -0.356 e. The molecule has 0 radical (unpaired) electrons. The van der Waals surface area contributed by atoms with Crippen LogP contribution >= 0.6 is 11.5 Å². The van der Waals surface area contributed by atoms with Crippen LogP contribution in [-0.2, 0) is 0 Å². The highest BCUT2D eigenvalue weighted by molar-refractivity contribution is 7.13. The summed E-state index contributed by atoms with van der Waals surface area (Å²) in [7, 11) is 0. The average Bonchev–Trinajstić information content (AvgIpc) is 3.32. The number of fused-ring (bicyclic) bond motifs is 2. The van der Waals surface area contributed by atoms with Crippen LogP contribution in [0.15, 0.2) is 41.6 Å². The third-order valence-corrected chi connectivity index (χ3v) is 6.43. The number of piperazine rings is 1. The molecule has 0 saturated carbocycles. The number of anilines is 1. The maximum absolute atomic E-state index is 5.33. The molecule has 2 aliphatic rings. The van der Waals surface area contributed by atoms with Crippen molar-refractivity contribution in [2.24, 2.45) is 0 Å². The van der Waals surface area contributed by atoms with Crippen LogP contribution in [0.4, 0.5) is 5.82 Å². The van der Waals surface area contributed by atoms with Gasteiger partial charge in [0, 0.05) is 62.6 Å². The summed E-state index contributed by atoms with van der Waals surface area (Å²) in [4.78, 5) is 7.14. The van der Waals surface area contributed by atoms with Gasteiger partial charge in [-0.2, -0.15) is 4.37 Å². The number of rotatable bonds is 4. The Morgan fingerprint density at radius 3 is 2.82 bits per heavy atom. The van der Waals surface area contributed by atoms with E-state index in [9.17, 15) is 0 Å². The van der Waals surface area contributed by atoms with Gasteiger partial charge in [0.05, 0.1) is 16.0 Å². The summed E-state index contributed by atoms with van der Waals surface area (Å²) >= 11 is 1.59. The van der Waals surface area contributed by atoms with Crippen LogP contribution in [0.25, 0.3) is 21.9 Å². The zero-order chi connectivity index (χ0) is 19.1. The largest absolute Gasteiger partial charge is 0.356 e. The van der Waals surface area contributed by atoms with Gasteiger partial charge in [-0.25, -0.2) is 0 Å². The van der Waals surface area contributed by atoms with Gasteiger partial charge in [-0.05, 0) is 30.6 Å². The molecular formula is C21H23N5OS. The summed E-state index contributed by atoms with van der Waals surface area (Å²) in [5.41, 5.74) is 2.91. The Morgan fingerprint density at radius 1 is 1.14 bits per heavy atom. The predicted molar refractivity (Wildman–Crippen MR) is 114 cm³/mol. The second-order valence-electron chi connectivity index (χ2n) is 7.29. The minimum absolute atomic E-state index is 0.808. The van der Waals surface area contributed by atoms with Crippen molar-refractivity contribution in [2.75, 3.05) is 44.2 Å². The maximum atomic E-state index is 5.33. The van der Waals surface area contributed by atoms with E-state index >= 15 is 0 Å². The molecule has 3 aromatic rings. The fraction of sp³-hybridized carbons (Fsp3) is 0.333. The normalized spacial score (nSPS) is 17.5. The molecule has 0 unspecified atom stereocenters. The van der Waals surface area contributed by atoms with Crippen molar-refractivity contribution < 1.29 is 4.52 Å². The van der Waals surface area contributed by atoms with Crippen molar-refractivity contribution in [1.82, 2.24) is 19.3 Å². The Bertz CT molecular complexity index is 1040. The van der Waals surface area contributed by atoms with E-state index in [1.54, 1.807) is 11.5 Å². The summed E-state index contributed by atoms with van der Waals surface area (Å²) in [6.07, 6.45) is 4.03. The number of benzene rings is 1. The second kappa shape index (κ2) is 7.07. The smallest absolute Gasteiger partial charge is 0.170 e. The fourth-order valence-corrected chi connectivity index (χ4v) is 4.78. The molecule has 4 heterocycles. The fourth-order valence-electron chi connectivity index (χ4n) is 3.99. The number of nitrogens with zero attached hydrogens (tertiary/aromatic N) is 5. The Morgan fingerprint density at radius 2 is 1.96 bits per heavy atom. The molecule has 2 aromatic heterocycles. The molecule has 2 aliphatic heterocycles. The van der Waals surface area contributed by atoms with Crippen LogP contribution in [0, 0.1) is 6.92 Å². The second-order valence-corrected chi connectivity index (χ2v) is 8.10. The molecule has 28 heavy (non-hydrogen) atoms. The van der Waals surface area contributed by atoms with E-state index in [0.29, 0.717) is 0 Å².